The normalized spacial score (nSPS) is 16.4. The van der Waals surface area contributed by atoms with Crippen molar-refractivity contribution >= 4 is 41.7 Å². The first-order valence-corrected chi connectivity index (χ1v) is 12.3. The van der Waals surface area contributed by atoms with Gasteiger partial charge in [-0.25, -0.2) is 27.0 Å². The first-order valence-electron chi connectivity index (χ1n) is 8.52. The Kier molecular flexibility index (Phi) is 5.84. The molecule has 0 aliphatic carbocycles. The van der Waals surface area contributed by atoms with Gasteiger partial charge in [-0.2, -0.15) is 4.31 Å². The molecule has 0 saturated carbocycles. The van der Waals surface area contributed by atoms with Gasteiger partial charge >= 0.3 is 0 Å². The molecule has 1 saturated heterocycles. The highest BCUT2D eigenvalue weighted by atomic mass is 79.9. The van der Waals surface area contributed by atoms with Crippen LogP contribution in [0.2, 0.25) is 0 Å². The number of para-hydroxylation sites is 1. The van der Waals surface area contributed by atoms with E-state index in [9.17, 15) is 16.8 Å². The monoisotopic (exact) mass is 488 g/mol. The average molecular weight is 489 g/mol. The molecule has 0 radical (unpaired) electrons. The number of aryl methyl sites for hydroxylation is 2. The van der Waals surface area contributed by atoms with Crippen LogP contribution >= 0.6 is 15.9 Å². The number of anilines is 1. The molecule has 1 aliphatic heterocycles. The zero-order chi connectivity index (χ0) is 20.7. The zero-order valence-electron chi connectivity index (χ0n) is 15.5. The lowest BCUT2D eigenvalue weighted by atomic mass is 10.2. The van der Waals surface area contributed by atoms with Crippen molar-refractivity contribution in [2.24, 2.45) is 5.14 Å². The van der Waals surface area contributed by atoms with Gasteiger partial charge in [0.05, 0.1) is 5.69 Å². The summed E-state index contributed by atoms with van der Waals surface area (Å²) in [5, 5.41) is 5.34. The summed E-state index contributed by atoms with van der Waals surface area (Å²) in [6, 6.07) is 8.23. The molecule has 8 nitrogen and oxygen atoms in total. The van der Waals surface area contributed by atoms with Gasteiger partial charge in [0.25, 0.3) is 10.0 Å². The second-order valence-corrected chi connectivity index (χ2v) is 10.8. The quantitative estimate of drug-likeness (QED) is 0.653. The Hall–Kier alpha value is -1.53. The van der Waals surface area contributed by atoms with Crippen molar-refractivity contribution in [3.05, 3.63) is 46.1 Å². The highest BCUT2D eigenvalue weighted by Crippen LogP contribution is 2.28. The minimum Gasteiger partial charge on any atom is -0.368 e. The first-order chi connectivity index (χ1) is 13.0. The van der Waals surface area contributed by atoms with Gasteiger partial charge in [-0.05, 0) is 53.0 Å². The SMILES string of the molecule is Cc1cc(C)c(S(=O)(=O)N2CCN(c3ccccc3S(N)(=O)=O)CC2)nc1Br. The van der Waals surface area contributed by atoms with Crippen LogP contribution in [-0.2, 0) is 20.0 Å². The van der Waals surface area contributed by atoms with E-state index in [4.69, 9.17) is 5.14 Å². The van der Waals surface area contributed by atoms with Gasteiger partial charge in [0.1, 0.15) is 9.50 Å². The number of rotatable bonds is 4. The van der Waals surface area contributed by atoms with E-state index in [1.807, 2.05) is 11.8 Å². The highest BCUT2D eigenvalue weighted by molar-refractivity contribution is 9.10. The van der Waals surface area contributed by atoms with Crippen LogP contribution in [0.25, 0.3) is 0 Å². The molecule has 28 heavy (non-hydrogen) atoms. The highest BCUT2D eigenvalue weighted by Gasteiger charge is 2.32. The number of halogens is 1. The second kappa shape index (κ2) is 7.71. The third kappa shape index (κ3) is 4.08. The van der Waals surface area contributed by atoms with Crippen LogP contribution in [0.5, 0.6) is 0 Å². The van der Waals surface area contributed by atoms with Gasteiger partial charge in [-0.15, -0.1) is 0 Å². The van der Waals surface area contributed by atoms with Crippen molar-refractivity contribution in [1.29, 1.82) is 0 Å². The number of benzene rings is 1. The molecule has 2 heterocycles. The van der Waals surface area contributed by atoms with E-state index in [1.165, 1.54) is 10.4 Å². The average Bonchev–Trinajstić information content (AvgIpc) is 2.64. The number of primary sulfonamides is 1. The zero-order valence-corrected chi connectivity index (χ0v) is 18.7. The van der Waals surface area contributed by atoms with Gasteiger partial charge in [0.15, 0.2) is 5.03 Å². The van der Waals surface area contributed by atoms with Crippen molar-refractivity contribution in [3.63, 3.8) is 0 Å². The number of nitrogens with two attached hydrogens (primary N) is 1. The van der Waals surface area contributed by atoms with E-state index in [2.05, 4.69) is 20.9 Å². The van der Waals surface area contributed by atoms with Crippen LogP contribution in [0.4, 0.5) is 5.69 Å². The van der Waals surface area contributed by atoms with Crippen LogP contribution in [0.15, 0.2) is 44.9 Å². The molecule has 152 valence electrons. The van der Waals surface area contributed by atoms with Crippen LogP contribution in [-0.4, -0.2) is 52.3 Å². The molecule has 0 amide bonds. The molecule has 0 atom stereocenters. The number of hydrogen-bond acceptors (Lipinski definition) is 6. The maximum atomic E-state index is 13.0. The topological polar surface area (TPSA) is 114 Å². The Morgan fingerprint density at radius 1 is 1.00 bits per heavy atom. The van der Waals surface area contributed by atoms with Gasteiger partial charge < -0.3 is 4.90 Å². The van der Waals surface area contributed by atoms with Crippen molar-refractivity contribution in [2.45, 2.75) is 23.8 Å². The summed E-state index contributed by atoms with van der Waals surface area (Å²) in [4.78, 5) is 6.08. The third-order valence-electron chi connectivity index (χ3n) is 4.63. The summed E-state index contributed by atoms with van der Waals surface area (Å²) in [6.45, 7) is 4.69. The van der Waals surface area contributed by atoms with Crippen molar-refractivity contribution < 1.29 is 16.8 Å². The summed E-state index contributed by atoms with van der Waals surface area (Å²) in [5.41, 5.74) is 1.93. The Morgan fingerprint density at radius 2 is 1.61 bits per heavy atom. The van der Waals surface area contributed by atoms with E-state index in [0.29, 0.717) is 28.9 Å². The number of sulfonamides is 2. The molecule has 2 aromatic rings. The number of nitrogens with zero attached hydrogens (tertiary/aromatic N) is 3. The minimum atomic E-state index is -3.87. The molecule has 3 rings (SSSR count). The fraction of sp³-hybridized carbons (Fsp3) is 0.353. The van der Waals surface area contributed by atoms with Gasteiger partial charge in [0, 0.05) is 26.2 Å². The third-order valence-corrected chi connectivity index (χ3v) is 8.34. The number of piperazine rings is 1. The predicted octanol–water partition coefficient (Wildman–Crippen LogP) is 1.62. The molecule has 1 aliphatic rings. The lowest BCUT2D eigenvalue weighted by molar-refractivity contribution is 0.382. The molecule has 1 aromatic carbocycles. The van der Waals surface area contributed by atoms with Crippen molar-refractivity contribution in [2.75, 3.05) is 31.1 Å². The molecule has 0 unspecified atom stereocenters. The number of pyridine rings is 1. The van der Waals surface area contributed by atoms with Crippen molar-refractivity contribution in [1.82, 2.24) is 9.29 Å². The Morgan fingerprint density at radius 3 is 2.21 bits per heavy atom. The summed E-state index contributed by atoms with van der Waals surface area (Å²) >= 11 is 3.29. The Labute approximate surface area is 173 Å². The summed E-state index contributed by atoms with van der Waals surface area (Å²) in [6.07, 6.45) is 0. The smallest absolute Gasteiger partial charge is 0.260 e. The minimum absolute atomic E-state index is 0.0309. The molecular formula is C17H21BrN4O4S2. The molecule has 1 fully saturated rings. The fourth-order valence-electron chi connectivity index (χ4n) is 3.22. The van der Waals surface area contributed by atoms with Gasteiger partial charge in [0.2, 0.25) is 10.0 Å². The molecule has 1 aromatic heterocycles. The van der Waals surface area contributed by atoms with E-state index >= 15 is 0 Å². The van der Waals surface area contributed by atoms with E-state index in [1.54, 1.807) is 31.2 Å². The molecular weight excluding hydrogens is 468 g/mol. The standard InChI is InChI=1S/C17H21BrN4O4S2/c1-12-11-13(2)17(20-16(12)18)28(25,26)22-9-7-21(8-10-22)14-5-3-4-6-15(14)27(19,23)24/h3-6,11H,7-10H2,1-2H3,(H2,19,23,24). The van der Waals surface area contributed by atoms with E-state index in [-0.39, 0.29) is 23.0 Å². The first kappa shape index (κ1) is 21.2. The van der Waals surface area contributed by atoms with E-state index in [0.717, 1.165) is 5.56 Å². The van der Waals surface area contributed by atoms with Crippen LogP contribution in [0.1, 0.15) is 11.1 Å². The number of hydrogen-bond donors (Lipinski definition) is 1. The second-order valence-electron chi connectivity index (χ2n) is 6.62. The molecule has 0 spiro atoms. The Bertz CT molecular complexity index is 1110. The fourth-order valence-corrected chi connectivity index (χ4v) is 5.95. The van der Waals surface area contributed by atoms with Crippen LogP contribution < -0.4 is 10.0 Å². The number of aromatic nitrogens is 1. The lowest BCUT2D eigenvalue weighted by Crippen LogP contribution is -2.49. The van der Waals surface area contributed by atoms with Gasteiger partial charge in [-0.1, -0.05) is 18.2 Å². The molecule has 11 heteroatoms. The summed E-state index contributed by atoms with van der Waals surface area (Å²) < 4.78 is 51.6. The van der Waals surface area contributed by atoms with Crippen LogP contribution in [0.3, 0.4) is 0 Å². The summed E-state index contributed by atoms with van der Waals surface area (Å²) in [5.74, 6) is 0. The molecule has 0 bridgehead atoms. The summed E-state index contributed by atoms with van der Waals surface area (Å²) in [7, 11) is -7.62. The van der Waals surface area contributed by atoms with Crippen LogP contribution in [0, 0.1) is 13.8 Å². The predicted molar refractivity (Wildman–Crippen MR) is 110 cm³/mol. The van der Waals surface area contributed by atoms with E-state index < -0.39 is 20.0 Å². The van der Waals surface area contributed by atoms with Gasteiger partial charge in [-0.3, -0.25) is 0 Å². The maximum absolute atomic E-state index is 13.0. The lowest BCUT2D eigenvalue weighted by Gasteiger charge is -2.36. The molecule has 2 N–H and O–H groups in total. The Balaban J connectivity index is 1.84. The van der Waals surface area contributed by atoms with Crippen molar-refractivity contribution in [3.8, 4) is 0 Å². The maximum Gasteiger partial charge on any atom is 0.260 e. The largest absolute Gasteiger partial charge is 0.368 e.